The van der Waals surface area contributed by atoms with Crippen molar-refractivity contribution in [3.63, 3.8) is 0 Å². The summed E-state index contributed by atoms with van der Waals surface area (Å²) in [6, 6.07) is 8.34. The van der Waals surface area contributed by atoms with Crippen molar-refractivity contribution in [2.24, 2.45) is 5.73 Å². The first-order valence-electron chi connectivity index (χ1n) is 6.16. The summed E-state index contributed by atoms with van der Waals surface area (Å²) in [4.78, 5) is 4.39. The number of benzene rings is 1. The molecule has 0 saturated heterocycles. The lowest BCUT2D eigenvalue weighted by atomic mass is 10.0. The third-order valence-corrected chi connectivity index (χ3v) is 3.81. The lowest BCUT2D eigenvalue weighted by Gasteiger charge is -2.25. The molecule has 1 aromatic heterocycles. The van der Waals surface area contributed by atoms with Crippen LogP contribution < -0.4 is 5.73 Å². The van der Waals surface area contributed by atoms with Crippen LogP contribution in [0.4, 0.5) is 0 Å². The highest BCUT2D eigenvalue weighted by Crippen LogP contribution is 2.29. The first-order valence-corrected chi connectivity index (χ1v) is 6.96. The molecule has 1 aromatic carbocycles. The lowest BCUT2D eigenvalue weighted by molar-refractivity contribution is 0.479. The SMILES string of the molecule is CCc1nccn1C(c1ccccc1Br)C(C)N. The Balaban J connectivity index is 2.51. The average Bonchev–Trinajstić information content (AvgIpc) is 2.79. The Morgan fingerprint density at radius 3 is 2.72 bits per heavy atom. The molecule has 0 aliphatic heterocycles. The van der Waals surface area contributed by atoms with Crippen molar-refractivity contribution in [1.82, 2.24) is 9.55 Å². The second-order valence-electron chi connectivity index (χ2n) is 4.43. The molecule has 0 radical (unpaired) electrons. The number of nitrogens with two attached hydrogens (primary N) is 1. The van der Waals surface area contributed by atoms with E-state index in [0.29, 0.717) is 0 Å². The van der Waals surface area contributed by atoms with Crippen LogP contribution >= 0.6 is 15.9 Å². The molecule has 0 saturated carbocycles. The summed E-state index contributed by atoms with van der Waals surface area (Å²) in [5.41, 5.74) is 7.38. The van der Waals surface area contributed by atoms with Crippen LogP contribution in [0.1, 0.15) is 31.3 Å². The Hall–Kier alpha value is -1.13. The number of aryl methyl sites for hydroxylation is 1. The molecule has 0 bridgehead atoms. The standard InChI is InChI=1S/C14H18BrN3/c1-3-13-17-8-9-18(13)14(10(2)16)11-6-4-5-7-12(11)15/h4-10,14H,3,16H2,1-2H3. The third kappa shape index (κ3) is 2.49. The van der Waals surface area contributed by atoms with Crippen LogP contribution in [0, 0.1) is 0 Å². The number of hydrogen-bond acceptors (Lipinski definition) is 2. The molecule has 0 amide bonds. The number of nitrogens with zero attached hydrogens (tertiary/aromatic N) is 2. The Bertz CT molecular complexity index is 519. The molecular formula is C14H18BrN3. The Morgan fingerprint density at radius 2 is 2.11 bits per heavy atom. The summed E-state index contributed by atoms with van der Waals surface area (Å²) in [6.07, 6.45) is 4.75. The largest absolute Gasteiger partial charge is 0.326 e. The highest BCUT2D eigenvalue weighted by atomic mass is 79.9. The number of aromatic nitrogens is 2. The minimum Gasteiger partial charge on any atom is -0.326 e. The summed E-state index contributed by atoms with van der Waals surface area (Å²) < 4.78 is 3.26. The van der Waals surface area contributed by atoms with Gasteiger partial charge >= 0.3 is 0 Å². The zero-order valence-corrected chi connectivity index (χ0v) is 12.3. The van der Waals surface area contributed by atoms with Crippen molar-refractivity contribution in [3.05, 3.63) is 52.5 Å². The van der Waals surface area contributed by atoms with Crippen LogP contribution in [0.2, 0.25) is 0 Å². The zero-order valence-electron chi connectivity index (χ0n) is 10.7. The van der Waals surface area contributed by atoms with Gasteiger partial charge in [0.15, 0.2) is 0 Å². The van der Waals surface area contributed by atoms with Gasteiger partial charge in [0, 0.05) is 29.3 Å². The van der Waals surface area contributed by atoms with Gasteiger partial charge in [-0.2, -0.15) is 0 Å². The van der Waals surface area contributed by atoms with Crippen molar-refractivity contribution < 1.29 is 0 Å². The fourth-order valence-electron chi connectivity index (χ4n) is 2.27. The van der Waals surface area contributed by atoms with Crippen molar-refractivity contribution >= 4 is 15.9 Å². The minimum absolute atomic E-state index is 0.0169. The minimum atomic E-state index is 0.0169. The topological polar surface area (TPSA) is 43.8 Å². The molecule has 2 rings (SSSR count). The van der Waals surface area contributed by atoms with E-state index in [1.807, 2.05) is 37.5 Å². The summed E-state index contributed by atoms with van der Waals surface area (Å²) in [5.74, 6) is 1.06. The molecule has 0 aliphatic rings. The van der Waals surface area contributed by atoms with E-state index in [0.717, 1.165) is 16.7 Å². The van der Waals surface area contributed by atoms with Crippen LogP contribution in [-0.2, 0) is 6.42 Å². The lowest BCUT2D eigenvalue weighted by Crippen LogP contribution is -2.31. The Labute approximate surface area is 116 Å². The Kier molecular flexibility index (Phi) is 4.19. The van der Waals surface area contributed by atoms with Gasteiger partial charge in [0.2, 0.25) is 0 Å². The molecule has 4 heteroatoms. The molecule has 2 N–H and O–H groups in total. The van der Waals surface area contributed by atoms with E-state index < -0.39 is 0 Å². The van der Waals surface area contributed by atoms with E-state index in [-0.39, 0.29) is 12.1 Å². The molecule has 2 atom stereocenters. The summed E-state index contributed by atoms with van der Waals surface area (Å²) in [5, 5.41) is 0. The zero-order chi connectivity index (χ0) is 13.1. The average molecular weight is 308 g/mol. The van der Waals surface area contributed by atoms with E-state index in [2.05, 4.69) is 38.5 Å². The monoisotopic (exact) mass is 307 g/mol. The number of hydrogen-bond donors (Lipinski definition) is 1. The molecular weight excluding hydrogens is 290 g/mol. The summed E-state index contributed by atoms with van der Waals surface area (Å²) in [7, 11) is 0. The van der Waals surface area contributed by atoms with Crippen molar-refractivity contribution in [2.75, 3.05) is 0 Å². The number of halogens is 1. The molecule has 96 valence electrons. The van der Waals surface area contributed by atoms with Crippen molar-refractivity contribution in [3.8, 4) is 0 Å². The summed E-state index contributed by atoms with van der Waals surface area (Å²) >= 11 is 3.61. The van der Waals surface area contributed by atoms with Gasteiger partial charge in [-0.15, -0.1) is 0 Å². The molecule has 2 unspecified atom stereocenters. The fraction of sp³-hybridized carbons (Fsp3) is 0.357. The quantitative estimate of drug-likeness (QED) is 0.943. The smallest absolute Gasteiger partial charge is 0.108 e. The maximum atomic E-state index is 6.18. The van der Waals surface area contributed by atoms with Crippen molar-refractivity contribution in [2.45, 2.75) is 32.4 Å². The van der Waals surface area contributed by atoms with Gasteiger partial charge in [0.1, 0.15) is 5.82 Å². The Morgan fingerprint density at radius 1 is 1.39 bits per heavy atom. The predicted molar refractivity (Wildman–Crippen MR) is 77.5 cm³/mol. The number of rotatable bonds is 4. The van der Waals surface area contributed by atoms with E-state index in [1.165, 1.54) is 5.56 Å². The van der Waals surface area contributed by atoms with Gasteiger partial charge in [-0.1, -0.05) is 41.1 Å². The molecule has 3 nitrogen and oxygen atoms in total. The van der Waals surface area contributed by atoms with Crippen molar-refractivity contribution in [1.29, 1.82) is 0 Å². The molecule has 18 heavy (non-hydrogen) atoms. The van der Waals surface area contributed by atoms with E-state index >= 15 is 0 Å². The van der Waals surface area contributed by atoms with Crippen LogP contribution in [0.3, 0.4) is 0 Å². The molecule has 0 aliphatic carbocycles. The van der Waals surface area contributed by atoms with Gasteiger partial charge in [0.25, 0.3) is 0 Å². The maximum Gasteiger partial charge on any atom is 0.108 e. The van der Waals surface area contributed by atoms with E-state index in [4.69, 9.17) is 5.73 Å². The first kappa shape index (κ1) is 13.3. The summed E-state index contributed by atoms with van der Waals surface area (Å²) in [6.45, 7) is 4.14. The van der Waals surface area contributed by atoms with Gasteiger partial charge in [-0.3, -0.25) is 0 Å². The maximum absolute atomic E-state index is 6.18. The van der Waals surface area contributed by atoms with Crippen LogP contribution in [0.25, 0.3) is 0 Å². The van der Waals surface area contributed by atoms with Gasteiger partial charge in [0.05, 0.1) is 6.04 Å². The second-order valence-corrected chi connectivity index (χ2v) is 5.28. The second kappa shape index (κ2) is 5.67. The van der Waals surface area contributed by atoms with E-state index in [1.54, 1.807) is 0 Å². The molecule has 2 aromatic rings. The van der Waals surface area contributed by atoms with Gasteiger partial charge in [-0.05, 0) is 18.6 Å². The highest BCUT2D eigenvalue weighted by Gasteiger charge is 2.21. The first-order chi connectivity index (χ1) is 8.65. The normalized spacial score (nSPS) is 14.4. The van der Waals surface area contributed by atoms with Crippen LogP contribution in [0.15, 0.2) is 41.1 Å². The molecule has 0 spiro atoms. The van der Waals surface area contributed by atoms with Gasteiger partial charge in [-0.25, -0.2) is 4.98 Å². The highest BCUT2D eigenvalue weighted by molar-refractivity contribution is 9.10. The molecule has 0 fully saturated rings. The van der Waals surface area contributed by atoms with Crippen LogP contribution in [-0.4, -0.2) is 15.6 Å². The van der Waals surface area contributed by atoms with Crippen LogP contribution in [0.5, 0.6) is 0 Å². The molecule has 1 heterocycles. The predicted octanol–water partition coefficient (Wildman–Crippen LogP) is 3.14. The fourth-order valence-corrected chi connectivity index (χ4v) is 2.79. The van der Waals surface area contributed by atoms with Gasteiger partial charge < -0.3 is 10.3 Å². The number of imidazole rings is 1. The van der Waals surface area contributed by atoms with E-state index in [9.17, 15) is 0 Å². The third-order valence-electron chi connectivity index (χ3n) is 3.09.